The molecule has 0 radical (unpaired) electrons. The van der Waals surface area contributed by atoms with Gasteiger partial charge in [0, 0.05) is 12.8 Å². The third-order valence-electron chi connectivity index (χ3n) is 6.97. The van der Waals surface area contributed by atoms with Crippen molar-refractivity contribution in [1.29, 1.82) is 0 Å². The van der Waals surface area contributed by atoms with Crippen LogP contribution in [0.25, 0.3) is 0 Å². The summed E-state index contributed by atoms with van der Waals surface area (Å²) in [4.78, 5) is 35.8. The van der Waals surface area contributed by atoms with E-state index in [9.17, 15) is 19.5 Å². The number of nitrogens with one attached hydrogen (secondary N) is 1. The molecule has 7 nitrogen and oxygen atoms in total. The van der Waals surface area contributed by atoms with Crippen LogP contribution in [0.1, 0.15) is 129 Å². The average molecular weight is 627 g/mol. The molecule has 2 atom stereocenters. The molecule has 254 valence electrons. The Morgan fingerprint density at radius 3 is 1.87 bits per heavy atom. The summed E-state index contributed by atoms with van der Waals surface area (Å²) in [6.45, 7) is 4.66. The SMILES string of the molecule is CC/C=C\C/C=C\C/C=C\C/C=C\C/C=C\CCCC(=O)OC(/C=C\CCC)CCCCCCC(=O)NC(CCCN)C(=O)O. The van der Waals surface area contributed by atoms with Gasteiger partial charge in [-0.1, -0.05) is 99.9 Å². The first-order chi connectivity index (χ1) is 21.9. The van der Waals surface area contributed by atoms with Crippen molar-refractivity contribution in [1.82, 2.24) is 5.32 Å². The van der Waals surface area contributed by atoms with Gasteiger partial charge < -0.3 is 20.9 Å². The molecule has 45 heavy (non-hydrogen) atoms. The van der Waals surface area contributed by atoms with Crippen LogP contribution in [0.3, 0.4) is 0 Å². The fourth-order valence-corrected chi connectivity index (χ4v) is 4.40. The van der Waals surface area contributed by atoms with Gasteiger partial charge in [-0.15, -0.1) is 0 Å². The number of rotatable bonds is 29. The minimum Gasteiger partial charge on any atom is -0.480 e. The lowest BCUT2D eigenvalue weighted by Gasteiger charge is -2.15. The first kappa shape index (κ1) is 41.8. The molecule has 7 heteroatoms. The lowest BCUT2D eigenvalue weighted by molar-refractivity contribution is -0.147. The standard InChI is InChI=1S/C38H62N2O5/c1-3-5-7-8-9-10-11-12-13-14-15-16-17-18-19-20-26-32-37(42)45-34(28-23-6-4-2)29-24-21-22-25-31-36(41)40-35(38(43)44)30-27-33-39/h5,7,9-10,12-13,15-16,18-19,23,28,34-35H,3-4,6,8,11,14,17,20-22,24-27,29-33,39H2,1-2H3,(H,40,41)(H,43,44)/b7-5-,10-9-,13-12-,16-15-,19-18-,28-23-. The van der Waals surface area contributed by atoms with Crippen molar-refractivity contribution in [2.24, 2.45) is 5.73 Å². The van der Waals surface area contributed by atoms with E-state index in [1.54, 1.807) is 0 Å². The number of carbonyl (C=O) groups excluding carboxylic acids is 2. The van der Waals surface area contributed by atoms with Crippen molar-refractivity contribution in [3.05, 3.63) is 72.9 Å². The van der Waals surface area contributed by atoms with Gasteiger partial charge in [-0.05, 0) is 96.1 Å². The van der Waals surface area contributed by atoms with Crippen molar-refractivity contribution in [3.8, 4) is 0 Å². The number of carboxylic acid groups (broad SMARTS) is 1. The van der Waals surface area contributed by atoms with Crippen molar-refractivity contribution in [3.63, 3.8) is 0 Å². The van der Waals surface area contributed by atoms with Crippen LogP contribution in [0.5, 0.6) is 0 Å². The summed E-state index contributed by atoms with van der Waals surface area (Å²) in [6, 6.07) is -0.876. The number of amides is 1. The lowest BCUT2D eigenvalue weighted by atomic mass is 10.1. The Morgan fingerprint density at radius 1 is 0.689 bits per heavy atom. The van der Waals surface area contributed by atoms with Gasteiger partial charge in [-0.2, -0.15) is 0 Å². The Balaban J connectivity index is 4.16. The van der Waals surface area contributed by atoms with Crippen LogP contribution in [0, 0.1) is 0 Å². The minimum atomic E-state index is -1.03. The maximum Gasteiger partial charge on any atom is 0.326 e. The van der Waals surface area contributed by atoms with Gasteiger partial charge in [0.1, 0.15) is 12.1 Å². The fraction of sp³-hybridized carbons (Fsp3) is 0.605. The summed E-state index contributed by atoms with van der Waals surface area (Å²) in [6.07, 6.45) is 39.9. The molecule has 4 N–H and O–H groups in total. The monoisotopic (exact) mass is 626 g/mol. The smallest absolute Gasteiger partial charge is 0.326 e. The van der Waals surface area contributed by atoms with E-state index in [0.29, 0.717) is 38.6 Å². The molecule has 0 bridgehead atoms. The molecule has 0 aromatic carbocycles. The number of hydrogen-bond donors (Lipinski definition) is 3. The Morgan fingerprint density at radius 2 is 1.29 bits per heavy atom. The molecule has 0 heterocycles. The molecule has 0 saturated heterocycles. The van der Waals surface area contributed by atoms with E-state index in [4.69, 9.17) is 10.5 Å². The number of carbonyl (C=O) groups is 3. The van der Waals surface area contributed by atoms with Crippen LogP contribution < -0.4 is 11.1 Å². The number of allylic oxidation sites excluding steroid dienone is 11. The summed E-state index contributed by atoms with van der Waals surface area (Å²) in [7, 11) is 0. The van der Waals surface area contributed by atoms with Crippen molar-refractivity contribution in [2.45, 2.75) is 142 Å². The third-order valence-corrected chi connectivity index (χ3v) is 6.97. The highest BCUT2D eigenvalue weighted by Gasteiger charge is 2.18. The second-order valence-electron chi connectivity index (χ2n) is 11.2. The maximum atomic E-state index is 12.5. The number of nitrogens with two attached hydrogens (primary N) is 1. The zero-order chi connectivity index (χ0) is 33.2. The molecule has 0 aliphatic carbocycles. The fourth-order valence-electron chi connectivity index (χ4n) is 4.40. The molecule has 0 aliphatic rings. The van der Waals surface area contributed by atoms with Crippen LogP contribution >= 0.6 is 0 Å². The summed E-state index contributed by atoms with van der Waals surface area (Å²) < 4.78 is 5.77. The number of carboxylic acids is 1. The van der Waals surface area contributed by atoms with Gasteiger partial charge in [0.15, 0.2) is 0 Å². The van der Waals surface area contributed by atoms with Gasteiger partial charge in [0.25, 0.3) is 0 Å². The van der Waals surface area contributed by atoms with Crippen molar-refractivity contribution < 1.29 is 24.2 Å². The highest BCUT2D eigenvalue weighted by atomic mass is 16.5. The number of hydrogen-bond acceptors (Lipinski definition) is 5. The van der Waals surface area contributed by atoms with E-state index in [2.05, 4.69) is 86.0 Å². The Bertz CT molecular complexity index is 932. The van der Waals surface area contributed by atoms with E-state index in [0.717, 1.165) is 83.5 Å². The van der Waals surface area contributed by atoms with Gasteiger partial charge in [-0.3, -0.25) is 9.59 Å². The third kappa shape index (κ3) is 29.3. The van der Waals surface area contributed by atoms with Crippen LogP contribution in [-0.2, 0) is 19.1 Å². The number of aliphatic carboxylic acids is 1. The van der Waals surface area contributed by atoms with E-state index >= 15 is 0 Å². The van der Waals surface area contributed by atoms with Crippen LogP contribution in [-0.4, -0.2) is 41.6 Å². The topological polar surface area (TPSA) is 119 Å². The number of unbranched alkanes of at least 4 members (excludes halogenated alkanes) is 5. The van der Waals surface area contributed by atoms with E-state index in [1.165, 1.54) is 0 Å². The molecule has 0 saturated carbocycles. The molecule has 0 aromatic rings. The predicted molar refractivity (Wildman–Crippen MR) is 188 cm³/mol. The van der Waals surface area contributed by atoms with E-state index in [1.807, 2.05) is 6.08 Å². The first-order valence-corrected chi connectivity index (χ1v) is 17.3. The van der Waals surface area contributed by atoms with E-state index in [-0.39, 0.29) is 18.0 Å². The highest BCUT2D eigenvalue weighted by molar-refractivity contribution is 5.83. The zero-order valence-corrected chi connectivity index (χ0v) is 28.2. The number of ether oxygens (including phenoxy) is 1. The summed E-state index contributed by atoms with van der Waals surface area (Å²) in [5, 5.41) is 11.8. The van der Waals surface area contributed by atoms with Crippen LogP contribution in [0.2, 0.25) is 0 Å². The lowest BCUT2D eigenvalue weighted by Crippen LogP contribution is -2.40. The van der Waals surface area contributed by atoms with Crippen LogP contribution in [0.4, 0.5) is 0 Å². The minimum absolute atomic E-state index is 0.159. The van der Waals surface area contributed by atoms with E-state index < -0.39 is 12.0 Å². The second kappa shape index (κ2) is 32.2. The molecule has 0 rings (SSSR count). The second-order valence-corrected chi connectivity index (χ2v) is 11.2. The van der Waals surface area contributed by atoms with Crippen molar-refractivity contribution in [2.75, 3.05) is 6.54 Å². The summed E-state index contributed by atoms with van der Waals surface area (Å²) in [5.74, 6) is -1.42. The normalized spacial score (nSPS) is 13.7. The largest absolute Gasteiger partial charge is 0.480 e. The summed E-state index contributed by atoms with van der Waals surface area (Å²) in [5.41, 5.74) is 5.44. The quantitative estimate of drug-likeness (QED) is 0.0434. The average Bonchev–Trinajstić information content (AvgIpc) is 3.02. The molecule has 0 aliphatic heterocycles. The maximum absolute atomic E-state index is 12.5. The summed E-state index contributed by atoms with van der Waals surface area (Å²) >= 11 is 0. The van der Waals surface area contributed by atoms with Crippen LogP contribution in [0.15, 0.2) is 72.9 Å². The molecule has 2 unspecified atom stereocenters. The Hall–Kier alpha value is -3.19. The molecule has 1 amide bonds. The Labute approximate surface area is 273 Å². The molecule has 0 fully saturated rings. The highest BCUT2D eigenvalue weighted by Crippen LogP contribution is 2.13. The Kier molecular flexibility index (Phi) is 29.9. The molecular weight excluding hydrogens is 564 g/mol. The predicted octanol–water partition coefficient (Wildman–Crippen LogP) is 8.83. The molecule has 0 spiro atoms. The zero-order valence-electron chi connectivity index (χ0n) is 28.2. The molecular formula is C38H62N2O5. The van der Waals surface area contributed by atoms with Gasteiger partial charge in [0.05, 0.1) is 0 Å². The van der Waals surface area contributed by atoms with Gasteiger partial charge in [0.2, 0.25) is 5.91 Å². The first-order valence-electron chi connectivity index (χ1n) is 17.3. The number of esters is 1. The van der Waals surface area contributed by atoms with Crippen molar-refractivity contribution >= 4 is 17.8 Å². The van der Waals surface area contributed by atoms with Gasteiger partial charge >= 0.3 is 11.9 Å². The molecule has 0 aromatic heterocycles. The van der Waals surface area contributed by atoms with Gasteiger partial charge in [-0.25, -0.2) is 4.79 Å².